The Hall–Kier alpha value is -3.72. The van der Waals surface area contributed by atoms with Gasteiger partial charge >= 0.3 is 0 Å². The molecule has 0 spiro atoms. The van der Waals surface area contributed by atoms with Gasteiger partial charge < -0.3 is 24.2 Å². The number of aromatic nitrogens is 4. The smallest absolute Gasteiger partial charge is 0.267 e. The number of fused-ring (bicyclic) bond motifs is 1. The summed E-state index contributed by atoms with van der Waals surface area (Å²) in [6.07, 6.45) is -0.743. The number of anilines is 1. The third-order valence-corrected chi connectivity index (χ3v) is 6.93. The normalized spacial score (nSPS) is 19.3. The second kappa shape index (κ2) is 11.2. The van der Waals surface area contributed by atoms with Crippen molar-refractivity contribution < 1.29 is 24.1 Å². The van der Waals surface area contributed by atoms with Gasteiger partial charge in [-0.25, -0.2) is 4.68 Å². The number of methoxy groups -OCH3 is 2. The number of hydrogen-bond donors (Lipinski definition) is 1. The lowest BCUT2D eigenvalue weighted by molar-refractivity contribution is -0.150. The number of aliphatic hydroxyl groups excluding tert-OH is 1. The molecule has 0 radical (unpaired) electrons. The number of para-hydroxylation sites is 1. The van der Waals surface area contributed by atoms with Crippen LogP contribution in [0.5, 0.6) is 11.5 Å². The third kappa shape index (κ3) is 5.28. The van der Waals surface area contributed by atoms with Crippen molar-refractivity contribution in [1.82, 2.24) is 20.2 Å². The molecule has 0 fully saturated rings. The van der Waals surface area contributed by atoms with Crippen molar-refractivity contribution >= 4 is 23.2 Å². The number of hydrogen-bond acceptors (Lipinski definition) is 9. The Morgan fingerprint density at radius 2 is 2.00 bits per heavy atom. The quantitative estimate of drug-likeness (QED) is 0.420. The molecule has 1 aromatic heterocycles. The number of carbonyl (C=O) groups is 1. The summed E-state index contributed by atoms with van der Waals surface area (Å²) in [6.45, 7) is 5.49. The van der Waals surface area contributed by atoms with Crippen LogP contribution in [0, 0.1) is 16.7 Å². The van der Waals surface area contributed by atoms with E-state index in [1.165, 1.54) is 18.9 Å². The summed E-state index contributed by atoms with van der Waals surface area (Å²) in [4.78, 5) is 16.1. The van der Waals surface area contributed by atoms with Crippen LogP contribution in [-0.2, 0) is 21.7 Å². The maximum Gasteiger partial charge on any atom is 0.267 e. The summed E-state index contributed by atoms with van der Waals surface area (Å²) >= 11 is 6.49. The SMILES string of the molecule is COc1cccc([C@H]2O[C@](C)(c3nnnn3CCC#N)C(=O)N(CC(C)(C)CO)c3ccc(Cl)cc32)c1OC. The lowest BCUT2D eigenvalue weighted by atomic mass is 9.92. The van der Waals surface area contributed by atoms with Gasteiger partial charge in [0, 0.05) is 34.7 Å². The standard InChI is InChI=1S/C27H31ClN6O5/c1-26(2,16-35)15-33-20-11-10-17(28)14-19(20)22(18-8-6-9-21(37-4)23(18)38-5)39-27(3,25(33)36)24-30-31-32-34(24)13-7-12-29/h6,8-11,14,22,35H,7,13,15-16H2,1-5H3/t22-,27-/m1/s1. The van der Waals surface area contributed by atoms with Crippen LogP contribution in [0.15, 0.2) is 36.4 Å². The van der Waals surface area contributed by atoms with Gasteiger partial charge in [-0.1, -0.05) is 37.6 Å². The molecule has 2 heterocycles. The van der Waals surface area contributed by atoms with Crippen LogP contribution in [0.2, 0.25) is 5.02 Å². The number of carbonyl (C=O) groups excluding carboxylic acids is 1. The molecule has 4 rings (SSSR count). The van der Waals surface area contributed by atoms with Gasteiger partial charge in [-0.3, -0.25) is 4.79 Å². The molecule has 1 aliphatic heterocycles. The highest BCUT2D eigenvalue weighted by Gasteiger charge is 2.51. The van der Waals surface area contributed by atoms with Gasteiger partial charge in [-0.15, -0.1) is 5.10 Å². The van der Waals surface area contributed by atoms with E-state index >= 15 is 0 Å². The highest BCUT2D eigenvalue weighted by atomic mass is 35.5. The Bertz CT molecular complexity index is 1400. The molecule has 206 valence electrons. The molecule has 0 saturated heterocycles. The summed E-state index contributed by atoms with van der Waals surface area (Å²) < 4.78 is 19.5. The van der Waals surface area contributed by atoms with Crippen molar-refractivity contribution in [2.45, 2.75) is 45.4 Å². The highest BCUT2D eigenvalue weighted by molar-refractivity contribution is 6.30. The number of halogens is 1. The van der Waals surface area contributed by atoms with Crippen LogP contribution in [0.3, 0.4) is 0 Å². The molecule has 2 aromatic carbocycles. The second-order valence-corrected chi connectivity index (χ2v) is 10.6. The molecule has 0 saturated carbocycles. The monoisotopic (exact) mass is 554 g/mol. The largest absolute Gasteiger partial charge is 0.493 e. The minimum atomic E-state index is -1.71. The van der Waals surface area contributed by atoms with Crippen molar-refractivity contribution in [2.75, 3.05) is 32.3 Å². The third-order valence-electron chi connectivity index (χ3n) is 6.69. The van der Waals surface area contributed by atoms with Crippen LogP contribution in [-0.4, -0.2) is 58.6 Å². The average Bonchev–Trinajstić information content (AvgIpc) is 3.39. The lowest BCUT2D eigenvalue weighted by Crippen LogP contribution is -2.50. The lowest BCUT2D eigenvalue weighted by Gasteiger charge is -2.35. The molecule has 1 amide bonds. The molecule has 0 aliphatic carbocycles. The maximum absolute atomic E-state index is 14.5. The number of aliphatic hydroxyl groups is 1. The Morgan fingerprint density at radius 1 is 1.23 bits per heavy atom. The summed E-state index contributed by atoms with van der Waals surface area (Å²) in [5.41, 5.74) is -0.613. The van der Waals surface area contributed by atoms with Gasteiger partial charge in [-0.2, -0.15) is 5.26 Å². The van der Waals surface area contributed by atoms with E-state index in [1.807, 2.05) is 19.9 Å². The molecule has 3 aromatic rings. The number of nitrogens with zero attached hydrogens (tertiary/aromatic N) is 6. The number of nitriles is 1. The number of benzene rings is 2. The first-order valence-electron chi connectivity index (χ1n) is 12.3. The molecule has 0 unspecified atom stereocenters. The van der Waals surface area contributed by atoms with E-state index in [2.05, 4.69) is 21.6 Å². The maximum atomic E-state index is 14.5. The van der Waals surface area contributed by atoms with Crippen molar-refractivity contribution in [3.05, 3.63) is 58.4 Å². The van der Waals surface area contributed by atoms with Gasteiger partial charge in [0.15, 0.2) is 17.3 Å². The van der Waals surface area contributed by atoms with Crippen LogP contribution >= 0.6 is 11.6 Å². The summed E-state index contributed by atoms with van der Waals surface area (Å²) in [5, 5.41) is 31.7. The predicted molar refractivity (Wildman–Crippen MR) is 143 cm³/mol. The van der Waals surface area contributed by atoms with Crippen molar-refractivity contribution in [2.24, 2.45) is 5.41 Å². The van der Waals surface area contributed by atoms with E-state index in [9.17, 15) is 9.90 Å². The van der Waals surface area contributed by atoms with E-state index in [-0.39, 0.29) is 31.9 Å². The molecule has 39 heavy (non-hydrogen) atoms. The Morgan fingerprint density at radius 3 is 2.67 bits per heavy atom. The number of amides is 1. The minimum Gasteiger partial charge on any atom is -0.493 e. The molecule has 2 atom stereocenters. The van der Waals surface area contributed by atoms with E-state index in [1.54, 1.807) is 42.2 Å². The first kappa shape index (κ1) is 28.3. The zero-order valence-electron chi connectivity index (χ0n) is 22.5. The molecule has 12 heteroatoms. The number of tetrazole rings is 1. The predicted octanol–water partition coefficient (Wildman–Crippen LogP) is 3.64. The zero-order chi connectivity index (χ0) is 28.4. The first-order valence-corrected chi connectivity index (χ1v) is 12.7. The topological polar surface area (TPSA) is 136 Å². The molecule has 1 aliphatic rings. The van der Waals surface area contributed by atoms with Crippen LogP contribution in [0.1, 0.15) is 50.2 Å². The van der Waals surface area contributed by atoms with E-state index in [0.717, 1.165) is 0 Å². The summed E-state index contributed by atoms with van der Waals surface area (Å²) in [7, 11) is 3.07. The molecule has 1 N–H and O–H groups in total. The Kier molecular flexibility index (Phi) is 8.11. The van der Waals surface area contributed by atoms with Crippen molar-refractivity contribution in [1.29, 1.82) is 5.26 Å². The number of aryl methyl sites for hydroxylation is 1. The van der Waals surface area contributed by atoms with Crippen LogP contribution < -0.4 is 14.4 Å². The van der Waals surface area contributed by atoms with Gasteiger partial charge in [0.25, 0.3) is 5.91 Å². The van der Waals surface area contributed by atoms with E-state index in [0.29, 0.717) is 33.3 Å². The molecule has 11 nitrogen and oxygen atoms in total. The fourth-order valence-corrected chi connectivity index (χ4v) is 4.86. The zero-order valence-corrected chi connectivity index (χ0v) is 23.3. The molecule has 0 bridgehead atoms. The summed E-state index contributed by atoms with van der Waals surface area (Å²) in [6, 6.07) is 12.7. The van der Waals surface area contributed by atoms with E-state index < -0.39 is 23.0 Å². The van der Waals surface area contributed by atoms with Crippen molar-refractivity contribution in [3.8, 4) is 17.6 Å². The van der Waals surface area contributed by atoms with E-state index in [4.69, 9.17) is 31.1 Å². The van der Waals surface area contributed by atoms with Gasteiger partial charge in [0.05, 0.1) is 38.9 Å². The highest BCUT2D eigenvalue weighted by Crippen LogP contribution is 2.49. The number of ether oxygens (including phenoxy) is 3. The second-order valence-electron chi connectivity index (χ2n) is 10.2. The van der Waals surface area contributed by atoms with Gasteiger partial charge in [0.1, 0.15) is 6.10 Å². The molecular formula is C27H31ClN6O5. The van der Waals surface area contributed by atoms with Crippen LogP contribution in [0.4, 0.5) is 5.69 Å². The van der Waals surface area contributed by atoms with Gasteiger partial charge in [-0.05, 0) is 41.6 Å². The molecular weight excluding hydrogens is 524 g/mol. The Balaban J connectivity index is 2.02. The van der Waals surface area contributed by atoms with Crippen LogP contribution in [0.25, 0.3) is 0 Å². The van der Waals surface area contributed by atoms with Crippen molar-refractivity contribution in [3.63, 3.8) is 0 Å². The first-order chi connectivity index (χ1) is 18.6. The van der Waals surface area contributed by atoms with Gasteiger partial charge in [0.2, 0.25) is 5.60 Å². The fraction of sp³-hybridized carbons (Fsp3) is 0.444. The average molecular weight is 555 g/mol. The summed E-state index contributed by atoms with van der Waals surface area (Å²) in [5.74, 6) is 0.612. The number of rotatable bonds is 9. The Labute approximate surface area is 231 Å². The minimum absolute atomic E-state index is 0.131. The fourth-order valence-electron chi connectivity index (χ4n) is 4.68.